The number of allylic oxidation sites excluding steroid dienone is 1. The van der Waals surface area contributed by atoms with Gasteiger partial charge >= 0.3 is 11.9 Å². The standard InChI is InChI=1S/C8H6Br2O4/c9-5-3-8(10,7(13)14)2-1-4(5)6(11)12/h1-2H,3H2,(H,11,12)(H,13,14). The highest BCUT2D eigenvalue weighted by molar-refractivity contribution is 9.12. The van der Waals surface area contributed by atoms with E-state index >= 15 is 0 Å². The van der Waals surface area contributed by atoms with Crippen molar-refractivity contribution in [3.8, 4) is 0 Å². The van der Waals surface area contributed by atoms with Crippen molar-refractivity contribution in [2.24, 2.45) is 0 Å². The van der Waals surface area contributed by atoms with Crippen molar-refractivity contribution in [1.29, 1.82) is 0 Å². The normalized spacial score (nSPS) is 26.4. The molecule has 1 aliphatic carbocycles. The Bertz CT molecular complexity index is 358. The first-order valence-electron chi connectivity index (χ1n) is 3.60. The zero-order valence-electron chi connectivity index (χ0n) is 6.83. The summed E-state index contributed by atoms with van der Waals surface area (Å²) in [5, 5.41) is 17.6. The highest BCUT2D eigenvalue weighted by Crippen LogP contribution is 2.37. The Balaban J connectivity index is 3.02. The predicted octanol–water partition coefficient (Wildman–Crippen LogP) is 1.90. The third-order valence-corrected chi connectivity index (χ3v) is 3.40. The molecular weight excluding hydrogens is 320 g/mol. The van der Waals surface area contributed by atoms with Crippen LogP contribution >= 0.6 is 31.9 Å². The molecule has 0 saturated carbocycles. The number of carbonyl (C=O) groups is 2. The van der Waals surface area contributed by atoms with Gasteiger partial charge in [-0.05, 0) is 6.08 Å². The number of carboxylic acid groups (broad SMARTS) is 2. The van der Waals surface area contributed by atoms with Crippen LogP contribution in [0.3, 0.4) is 0 Å². The molecule has 2 N–H and O–H groups in total. The molecule has 1 unspecified atom stereocenters. The minimum Gasteiger partial charge on any atom is -0.480 e. The van der Waals surface area contributed by atoms with E-state index in [-0.39, 0.29) is 12.0 Å². The Kier molecular flexibility index (Phi) is 3.16. The minimum atomic E-state index is -1.20. The maximum absolute atomic E-state index is 10.8. The van der Waals surface area contributed by atoms with E-state index in [1.54, 1.807) is 0 Å². The second-order valence-corrected chi connectivity index (χ2v) is 5.17. The molecule has 4 nitrogen and oxygen atoms in total. The van der Waals surface area contributed by atoms with E-state index < -0.39 is 16.3 Å². The van der Waals surface area contributed by atoms with Crippen LogP contribution < -0.4 is 0 Å². The van der Waals surface area contributed by atoms with Gasteiger partial charge < -0.3 is 10.2 Å². The van der Waals surface area contributed by atoms with E-state index in [0.29, 0.717) is 4.48 Å². The van der Waals surface area contributed by atoms with E-state index in [4.69, 9.17) is 10.2 Å². The molecule has 1 aliphatic rings. The van der Waals surface area contributed by atoms with E-state index in [1.165, 1.54) is 12.2 Å². The molecule has 0 heterocycles. The molecule has 0 spiro atoms. The van der Waals surface area contributed by atoms with Crippen molar-refractivity contribution in [2.75, 3.05) is 0 Å². The van der Waals surface area contributed by atoms with Gasteiger partial charge in [0.05, 0.1) is 5.57 Å². The lowest BCUT2D eigenvalue weighted by Gasteiger charge is -2.22. The summed E-state index contributed by atoms with van der Waals surface area (Å²) in [5.74, 6) is -2.12. The second-order valence-electron chi connectivity index (χ2n) is 2.80. The SMILES string of the molecule is O=C(O)C1=C(Br)CC(Br)(C(=O)O)C=C1. The van der Waals surface area contributed by atoms with Crippen LogP contribution in [0.25, 0.3) is 0 Å². The highest BCUT2D eigenvalue weighted by atomic mass is 79.9. The van der Waals surface area contributed by atoms with Crippen molar-refractivity contribution in [2.45, 2.75) is 10.7 Å². The molecule has 76 valence electrons. The summed E-state index contributed by atoms with van der Waals surface area (Å²) in [6.07, 6.45) is 2.68. The van der Waals surface area contributed by atoms with Gasteiger partial charge in [0, 0.05) is 10.9 Å². The number of aliphatic carboxylic acids is 2. The average Bonchev–Trinajstić information content (AvgIpc) is 2.02. The first-order chi connectivity index (χ1) is 6.37. The summed E-state index contributed by atoms with van der Waals surface area (Å²) < 4.78 is -0.836. The van der Waals surface area contributed by atoms with Crippen LogP contribution in [-0.4, -0.2) is 26.5 Å². The molecule has 14 heavy (non-hydrogen) atoms. The van der Waals surface area contributed by atoms with Gasteiger partial charge in [-0.15, -0.1) is 0 Å². The molecule has 0 aromatic heterocycles. The maximum atomic E-state index is 10.8. The van der Waals surface area contributed by atoms with Crippen molar-refractivity contribution < 1.29 is 19.8 Å². The topological polar surface area (TPSA) is 74.6 Å². The van der Waals surface area contributed by atoms with Gasteiger partial charge in [0.15, 0.2) is 0 Å². The molecule has 0 aromatic carbocycles. The molecular formula is C8H6Br2O4. The lowest BCUT2D eigenvalue weighted by molar-refractivity contribution is -0.138. The summed E-state index contributed by atoms with van der Waals surface area (Å²) >= 11 is 6.09. The maximum Gasteiger partial charge on any atom is 0.336 e. The van der Waals surface area contributed by atoms with Gasteiger partial charge in [0.2, 0.25) is 0 Å². The average molecular weight is 326 g/mol. The molecule has 0 radical (unpaired) electrons. The van der Waals surface area contributed by atoms with Gasteiger partial charge in [0.25, 0.3) is 0 Å². The first-order valence-corrected chi connectivity index (χ1v) is 5.19. The van der Waals surface area contributed by atoms with Crippen LogP contribution in [0.15, 0.2) is 22.2 Å². The van der Waals surface area contributed by atoms with Gasteiger partial charge in [-0.1, -0.05) is 37.9 Å². The zero-order chi connectivity index (χ0) is 10.9. The van der Waals surface area contributed by atoms with Gasteiger partial charge in [0.1, 0.15) is 4.32 Å². The quantitative estimate of drug-likeness (QED) is 0.760. The summed E-state index contributed by atoms with van der Waals surface area (Å²) in [4.78, 5) is 21.5. The summed E-state index contributed by atoms with van der Waals surface area (Å²) in [5.41, 5.74) is 0.0846. The molecule has 1 rings (SSSR count). The molecule has 6 heteroatoms. The Morgan fingerprint density at radius 3 is 2.36 bits per heavy atom. The zero-order valence-corrected chi connectivity index (χ0v) is 10.0. The van der Waals surface area contributed by atoms with E-state index in [1.807, 2.05) is 0 Å². The van der Waals surface area contributed by atoms with Crippen molar-refractivity contribution in [1.82, 2.24) is 0 Å². The van der Waals surface area contributed by atoms with Crippen LogP contribution in [0.5, 0.6) is 0 Å². The van der Waals surface area contributed by atoms with Gasteiger partial charge in [-0.2, -0.15) is 0 Å². The third-order valence-electron chi connectivity index (χ3n) is 1.80. The summed E-state index contributed by atoms with van der Waals surface area (Å²) in [6, 6.07) is 0. The lowest BCUT2D eigenvalue weighted by atomic mass is 9.96. The van der Waals surface area contributed by atoms with Gasteiger partial charge in [-0.3, -0.25) is 4.79 Å². The lowest BCUT2D eigenvalue weighted by Crippen LogP contribution is -2.31. The van der Waals surface area contributed by atoms with E-state index in [9.17, 15) is 9.59 Å². The number of alkyl halides is 1. The first kappa shape index (κ1) is 11.5. The Morgan fingerprint density at radius 2 is 2.00 bits per heavy atom. The van der Waals surface area contributed by atoms with E-state index in [0.717, 1.165) is 0 Å². The fourth-order valence-corrected chi connectivity index (χ4v) is 2.55. The Hall–Kier alpha value is -0.620. The largest absolute Gasteiger partial charge is 0.480 e. The predicted molar refractivity (Wildman–Crippen MR) is 56.6 cm³/mol. The molecule has 1 atom stereocenters. The van der Waals surface area contributed by atoms with Crippen molar-refractivity contribution in [3.63, 3.8) is 0 Å². The number of hydrogen-bond donors (Lipinski definition) is 2. The summed E-state index contributed by atoms with van der Waals surface area (Å²) in [6.45, 7) is 0. The highest BCUT2D eigenvalue weighted by Gasteiger charge is 2.37. The summed E-state index contributed by atoms with van der Waals surface area (Å²) in [7, 11) is 0. The number of halogens is 2. The Labute approximate surface area is 96.6 Å². The fraction of sp³-hybridized carbons (Fsp3) is 0.250. The Morgan fingerprint density at radius 1 is 1.43 bits per heavy atom. The minimum absolute atomic E-state index is 0.0838. The smallest absolute Gasteiger partial charge is 0.336 e. The van der Waals surface area contributed by atoms with Crippen LogP contribution in [0.1, 0.15) is 6.42 Å². The van der Waals surface area contributed by atoms with Crippen LogP contribution in [-0.2, 0) is 9.59 Å². The molecule has 0 aliphatic heterocycles. The van der Waals surface area contributed by atoms with Crippen molar-refractivity contribution in [3.05, 3.63) is 22.2 Å². The van der Waals surface area contributed by atoms with Crippen LogP contribution in [0, 0.1) is 0 Å². The van der Waals surface area contributed by atoms with Crippen molar-refractivity contribution >= 4 is 43.8 Å². The molecule has 0 aromatic rings. The number of rotatable bonds is 2. The molecule has 0 saturated heterocycles. The molecule has 0 amide bonds. The fourth-order valence-electron chi connectivity index (χ4n) is 1.02. The van der Waals surface area contributed by atoms with Crippen LogP contribution in [0.4, 0.5) is 0 Å². The molecule has 0 bridgehead atoms. The monoisotopic (exact) mass is 324 g/mol. The van der Waals surface area contributed by atoms with E-state index in [2.05, 4.69) is 31.9 Å². The number of carboxylic acids is 2. The second kappa shape index (κ2) is 3.86. The van der Waals surface area contributed by atoms with Gasteiger partial charge in [-0.25, -0.2) is 4.79 Å². The number of hydrogen-bond acceptors (Lipinski definition) is 2. The molecule has 0 fully saturated rings. The van der Waals surface area contributed by atoms with Crippen LogP contribution in [0.2, 0.25) is 0 Å². The third kappa shape index (κ3) is 2.06.